The van der Waals surface area contributed by atoms with Crippen molar-refractivity contribution in [3.8, 4) is 6.07 Å². The molecule has 0 spiro atoms. The molecule has 0 atom stereocenters. The number of unbranched alkanes of at least 4 members (excludes halogenated alkanes) is 2. The second kappa shape index (κ2) is 7.91. The van der Waals surface area contributed by atoms with E-state index in [1.807, 2.05) is 18.2 Å². The summed E-state index contributed by atoms with van der Waals surface area (Å²) >= 11 is 0. The molecule has 1 heterocycles. The molecule has 0 unspecified atom stereocenters. The zero-order valence-electron chi connectivity index (χ0n) is 12.5. The SMILES string of the molecule is CCCCCN1CCCN(c2ccccc2C#N)CC1. The molecule has 0 bridgehead atoms. The summed E-state index contributed by atoms with van der Waals surface area (Å²) in [4.78, 5) is 4.95. The zero-order valence-corrected chi connectivity index (χ0v) is 12.5. The van der Waals surface area contributed by atoms with Crippen LogP contribution in [0.25, 0.3) is 0 Å². The molecule has 1 aliphatic rings. The average molecular weight is 271 g/mol. The molecule has 1 aromatic rings. The van der Waals surface area contributed by atoms with Crippen LogP contribution in [0.15, 0.2) is 24.3 Å². The van der Waals surface area contributed by atoms with Crippen LogP contribution in [0.2, 0.25) is 0 Å². The molecule has 1 fully saturated rings. The van der Waals surface area contributed by atoms with E-state index < -0.39 is 0 Å². The van der Waals surface area contributed by atoms with Crippen LogP contribution in [0.5, 0.6) is 0 Å². The van der Waals surface area contributed by atoms with Crippen molar-refractivity contribution >= 4 is 5.69 Å². The topological polar surface area (TPSA) is 30.3 Å². The predicted octanol–water partition coefficient (Wildman–Crippen LogP) is 3.26. The van der Waals surface area contributed by atoms with Crippen molar-refractivity contribution in [3.05, 3.63) is 29.8 Å². The lowest BCUT2D eigenvalue weighted by Crippen LogP contribution is -2.31. The maximum Gasteiger partial charge on any atom is 0.101 e. The summed E-state index contributed by atoms with van der Waals surface area (Å²) in [5.74, 6) is 0. The number of nitriles is 1. The van der Waals surface area contributed by atoms with Gasteiger partial charge in [-0.1, -0.05) is 31.9 Å². The smallest absolute Gasteiger partial charge is 0.101 e. The van der Waals surface area contributed by atoms with E-state index in [0.29, 0.717) is 0 Å². The molecule has 0 saturated carbocycles. The Morgan fingerprint density at radius 1 is 1.10 bits per heavy atom. The minimum atomic E-state index is 0.798. The van der Waals surface area contributed by atoms with Gasteiger partial charge >= 0.3 is 0 Å². The number of benzene rings is 1. The fraction of sp³-hybridized carbons (Fsp3) is 0.588. The van der Waals surface area contributed by atoms with E-state index in [1.165, 1.54) is 38.8 Å². The van der Waals surface area contributed by atoms with Crippen molar-refractivity contribution in [3.63, 3.8) is 0 Å². The van der Waals surface area contributed by atoms with E-state index in [9.17, 15) is 5.26 Å². The maximum absolute atomic E-state index is 9.23. The predicted molar refractivity (Wildman–Crippen MR) is 84.0 cm³/mol. The van der Waals surface area contributed by atoms with E-state index in [0.717, 1.165) is 30.9 Å². The first-order chi connectivity index (χ1) is 9.85. The Morgan fingerprint density at radius 2 is 1.95 bits per heavy atom. The first kappa shape index (κ1) is 14.9. The molecular weight excluding hydrogens is 246 g/mol. The molecule has 3 nitrogen and oxygen atoms in total. The van der Waals surface area contributed by atoms with Gasteiger partial charge in [0.2, 0.25) is 0 Å². The summed E-state index contributed by atoms with van der Waals surface area (Å²) < 4.78 is 0. The largest absolute Gasteiger partial charge is 0.369 e. The van der Waals surface area contributed by atoms with Crippen molar-refractivity contribution in [1.82, 2.24) is 4.90 Å². The molecule has 20 heavy (non-hydrogen) atoms. The van der Waals surface area contributed by atoms with Gasteiger partial charge in [0.15, 0.2) is 0 Å². The standard InChI is InChI=1S/C17H25N3/c1-2-3-6-10-19-11-7-12-20(14-13-19)17-9-5-4-8-16(17)15-18/h4-5,8-9H,2-3,6-7,10-14H2,1H3. The summed E-state index contributed by atoms with van der Waals surface area (Å²) in [5.41, 5.74) is 1.90. The highest BCUT2D eigenvalue weighted by Gasteiger charge is 2.16. The number of para-hydroxylation sites is 1. The third-order valence-corrected chi connectivity index (χ3v) is 4.03. The summed E-state index contributed by atoms with van der Waals surface area (Å²) in [6, 6.07) is 10.3. The van der Waals surface area contributed by atoms with Crippen LogP contribution >= 0.6 is 0 Å². The van der Waals surface area contributed by atoms with Gasteiger partial charge in [-0.05, 0) is 38.1 Å². The molecule has 2 rings (SSSR count). The van der Waals surface area contributed by atoms with Crippen molar-refractivity contribution in [2.45, 2.75) is 32.6 Å². The minimum absolute atomic E-state index is 0.798. The fourth-order valence-corrected chi connectivity index (χ4v) is 2.86. The van der Waals surface area contributed by atoms with E-state index in [2.05, 4.69) is 28.9 Å². The number of hydrogen-bond acceptors (Lipinski definition) is 3. The molecule has 0 aliphatic carbocycles. The summed E-state index contributed by atoms with van der Waals surface area (Å²) in [5, 5.41) is 9.23. The van der Waals surface area contributed by atoms with E-state index in [1.54, 1.807) is 0 Å². The number of anilines is 1. The van der Waals surface area contributed by atoms with Crippen LogP contribution in [0.3, 0.4) is 0 Å². The van der Waals surface area contributed by atoms with Gasteiger partial charge < -0.3 is 9.80 Å². The number of nitrogens with zero attached hydrogens (tertiary/aromatic N) is 3. The maximum atomic E-state index is 9.23. The van der Waals surface area contributed by atoms with Gasteiger partial charge in [0.25, 0.3) is 0 Å². The van der Waals surface area contributed by atoms with Crippen molar-refractivity contribution in [2.75, 3.05) is 37.6 Å². The highest BCUT2D eigenvalue weighted by atomic mass is 15.2. The molecule has 0 aromatic heterocycles. The highest BCUT2D eigenvalue weighted by Crippen LogP contribution is 2.21. The third kappa shape index (κ3) is 3.98. The minimum Gasteiger partial charge on any atom is -0.369 e. The van der Waals surface area contributed by atoms with Crippen molar-refractivity contribution in [2.24, 2.45) is 0 Å². The van der Waals surface area contributed by atoms with E-state index >= 15 is 0 Å². The number of rotatable bonds is 5. The van der Waals surface area contributed by atoms with E-state index in [4.69, 9.17) is 0 Å². The third-order valence-electron chi connectivity index (χ3n) is 4.03. The zero-order chi connectivity index (χ0) is 14.2. The van der Waals surface area contributed by atoms with Gasteiger partial charge in [-0.2, -0.15) is 5.26 Å². The van der Waals surface area contributed by atoms with Crippen molar-refractivity contribution < 1.29 is 0 Å². The Labute approximate surface area is 122 Å². The lowest BCUT2D eigenvalue weighted by Gasteiger charge is -2.24. The molecule has 0 N–H and O–H groups in total. The second-order valence-corrected chi connectivity index (χ2v) is 5.52. The first-order valence-corrected chi connectivity index (χ1v) is 7.81. The van der Waals surface area contributed by atoms with Gasteiger partial charge in [0, 0.05) is 19.6 Å². The van der Waals surface area contributed by atoms with Gasteiger partial charge in [0.05, 0.1) is 11.3 Å². The highest BCUT2D eigenvalue weighted by molar-refractivity contribution is 5.59. The molecule has 1 saturated heterocycles. The molecule has 1 aromatic carbocycles. The van der Waals surface area contributed by atoms with Gasteiger partial charge in [-0.15, -0.1) is 0 Å². The first-order valence-electron chi connectivity index (χ1n) is 7.81. The van der Waals surface area contributed by atoms with Gasteiger partial charge in [0.1, 0.15) is 6.07 Å². The second-order valence-electron chi connectivity index (χ2n) is 5.52. The average Bonchev–Trinajstić information content (AvgIpc) is 2.73. The normalized spacial score (nSPS) is 16.7. The molecular formula is C17H25N3. The van der Waals surface area contributed by atoms with Crippen LogP contribution in [-0.4, -0.2) is 37.6 Å². The van der Waals surface area contributed by atoms with Gasteiger partial charge in [-0.3, -0.25) is 0 Å². The Balaban J connectivity index is 1.94. The fourth-order valence-electron chi connectivity index (χ4n) is 2.86. The Kier molecular flexibility index (Phi) is 5.88. The number of hydrogen-bond donors (Lipinski definition) is 0. The van der Waals surface area contributed by atoms with Crippen LogP contribution in [-0.2, 0) is 0 Å². The molecule has 108 valence electrons. The summed E-state index contributed by atoms with van der Waals surface area (Å²) in [6.07, 6.45) is 5.12. The molecule has 3 heteroatoms. The molecule has 0 amide bonds. The summed E-state index contributed by atoms with van der Waals surface area (Å²) in [7, 11) is 0. The van der Waals surface area contributed by atoms with Crippen LogP contribution in [0.1, 0.15) is 38.2 Å². The van der Waals surface area contributed by atoms with Crippen LogP contribution < -0.4 is 4.90 Å². The lowest BCUT2D eigenvalue weighted by molar-refractivity contribution is 0.287. The van der Waals surface area contributed by atoms with E-state index in [-0.39, 0.29) is 0 Å². The Morgan fingerprint density at radius 3 is 2.75 bits per heavy atom. The van der Waals surface area contributed by atoms with Gasteiger partial charge in [-0.25, -0.2) is 0 Å². The molecule has 0 radical (unpaired) electrons. The lowest BCUT2D eigenvalue weighted by atomic mass is 10.1. The quantitative estimate of drug-likeness (QED) is 0.770. The van der Waals surface area contributed by atoms with Crippen LogP contribution in [0, 0.1) is 11.3 Å². The molecule has 1 aliphatic heterocycles. The van der Waals surface area contributed by atoms with Crippen molar-refractivity contribution in [1.29, 1.82) is 5.26 Å². The monoisotopic (exact) mass is 271 g/mol. The summed E-state index contributed by atoms with van der Waals surface area (Å²) in [6.45, 7) is 7.87. The Hall–Kier alpha value is -1.53. The Bertz CT molecular complexity index is 450. The van der Waals surface area contributed by atoms with Crippen LogP contribution in [0.4, 0.5) is 5.69 Å².